The summed E-state index contributed by atoms with van der Waals surface area (Å²) in [7, 11) is 1.97. The molecule has 0 unspecified atom stereocenters. The highest BCUT2D eigenvalue weighted by Crippen LogP contribution is 2.10. The molecule has 2 N–H and O–H groups in total. The number of benzene rings is 1. The zero-order valence-electron chi connectivity index (χ0n) is 13.3. The highest BCUT2D eigenvalue weighted by Gasteiger charge is 2.07. The van der Waals surface area contributed by atoms with Crippen LogP contribution in [0.5, 0.6) is 0 Å². The van der Waals surface area contributed by atoms with Gasteiger partial charge in [-0.1, -0.05) is 0 Å². The van der Waals surface area contributed by atoms with Gasteiger partial charge in [0.1, 0.15) is 0 Å². The average molecular weight is 319 g/mol. The summed E-state index contributed by atoms with van der Waals surface area (Å²) in [5.74, 6) is -0.369. The van der Waals surface area contributed by atoms with Gasteiger partial charge in [-0.25, -0.2) is 9.59 Å². The van der Waals surface area contributed by atoms with Crippen molar-refractivity contribution in [1.82, 2.24) is 9.88 Å². The van der Waals surface area contributed by atoms with Crippen LogP contribution >= 0.6 is 0 Å². The third-order valence-corrected chi connectivity index (χ3v) is 3.37. The number of carbonyl (C=O) groups is 2. The van der Waals surface area contributed by atoms with Crippen molar-refractivity contribution >= 4 is 17.7 Å². The molecule has 0 saturated heterocycles. The summed E-state index contributed by atoms with van der Waals surface area (Å²) in [5.41, 5.74) is 2.24. The molecule has 6 nitrogen and oxygen atoms in total. The number of aryl methyl sites for hydroxylation is 1. The lowest BCUT2D eigenvalue weighted by Crippen LogP contribution is -2.30. The first kappa shape index (κ1) is 16.6. The molecule has 2 aromatic rings. The number of rotatable bonds is 6. The Hall–Kier alpha value is -2.76. The number of carbonyl (C=O) groups excluding carboxylic acids is 2. The predicted octanol–water partition coefficient (Wildman–Crippen LogP) is 3.06. The number of hydrogen-bond acceptors (Lipinski definition) is 3. The normalized spacial score (nSPS) is 10.2. The van der Waals surface area contributed by atoms with Gasteiger partial charge >= 0.3 is 12.0 Å². The first-order valence-electron chi connectivity index (χ1n) is 7.52. The van der Waals surface area contributed by atoms with Gasteiger partial charge in [-0.3, -0.25) is 0 Å². The van der Waals surface area contributed by atoms with Gasteiger partial charge in [0.25, 0.3) is 0 Å². The fraction of sp³-hybridized carbons (Fsp3) is 0.294. The van der Waals surface area contributed by atoms with Gasteiger partial charge in [-0.15, -0.1) is 0 Å². The number of ether oxygens (including phenoxy) is 1. The Morgan fingerprint density at radius 1 is 1.22 bits per heavy atom. The standard InChI is InChI=1S/C17H21N3O3.2H2/c1-3-23-16(21)13-6-8-14(9-7-13)19-17(22)18-11-10-15-5-4-12-20(15)2;;/h4-9,12H,3,10-11H2,1-2H3,(H2,18,19,22);2*1H. The number of esters is 1. The summed E-state index contributed by atoms with van der Waals surface area (Å²) < 4.78 is 6.93. The van der Waals surface area contributed by atoms with E-state index >= 15 is 0 Å². The molecule has 0 aliphatic heterocycles. The zero-order chi connectivity index (χ0) is 16.7. The van der Waals surface area contributed by atoms with Gasteiger partial charge in [0.15, 0.2) is 0 Å². The SMILES string of the molecule is CCOC(=O)c1ccc(NC(=O)NCCc2cccn2C)cc1.[HH].[HH]. The molecule has 0 aliphatic carbocycles. The molecule has 0 bridgehead atoms. The third-order valence-electron chi connectivity index (χ3n) is 3.37. The number of urea groups is 1. The Bertz CT molecular complexity index is 672. The number of amides is 2. The lowest BCUT2D eigenvalue weighted by atomic mass is 10.2. The Morgan fingerprint density at radius 2 is 1.96 bits per heavy atom. The maximum Gasteiger partial charge on any atom is 0.338 e. The average Bonchev–Trinajstić information content (AvgIpc) is 2.93. The van der Waals surface area contributed by atoms with E-state index in [4.69, 9.17) is 4.74 Å². The molecule has 6 heteroatoms. The lowest BCUT2D eigenvalue weighted by molar-refractivity contribution is 0.0526. The van der Waals surface area contributed by atoms with Gasteiger partial charge in [0, 0.05) is 40.4 Å². The first-order chi connectivity index (χ1) is 11.1. The topological polar surface area (TPSA) is 72.4 Å². The molecule has 126 valence electrons. The van der Waals surface area contributed by atoms with Gasteiger partial charge in [0.05, 0.1) is 12.2 Å². The minimum atomic E-state index is -0.369. The van der Waals surface area contributed by atoms with Crippen molar-refractivity contribution in [2.45, 2.75) is 13.3 Å². The second kappa shape index (κ2) is 8.03. The molecule has 1 heterocycles. The first-order valence-corrected chi connectivity index (χ1v) is 7.52. The van der Waals surface area contributed by atoms with E-state index in [-0.39, 0.29) is 14.9 Å². The molecule has 0 spiro atoms. The van der Waals surface area contributed by atoms with E-state index in [0.717, 1.165) is 12.1 Å². The van der Waals surface area contributed by atoms with Crippen molar-refractivity contribution in [3.05, 3.63) is 53.9 Å². The van der Waals surface area contributed by atoms with E-state index in [9.17, 15) is 9.59 Å². The van der Waals surface area contributed by atoms with Crippen LogP contribution < -0.4 is 10.6 Å². The third kappa shape index (κ3) is 4.88. The van der Waals surface area contributed by atoms with Crippen molar-refractivity contribution in [1.29, 1.82) is 0 Å². The van der Waals surface area contributed by atoms with E-state index in [1.54, 1.807) is 31.2 Å². The monoisotopic (exact) mass is 319 g/mol. The van der Waals surface area contributed by atoms with Crippen molar-refractivity contribution in [3.8, 4) is 0 Å². The molecule has 1 aromatic carbocycles. The van der Waals surface area contributed by atoms with Crippen molar-refractivity contribution in [3.63, 3.8) is 0 Å². The molecular weight excluding hydrogens is 294 g/mol. The number of nitrogens with one attached hydrogen (secondary N) is 2. The van der Waals surface area contributed by atoms with Crippen LogP contribution in [0.4, 0.5) is 10.5 Å². The largest absolute Gasteiger partial charge is 0.462 e. The smallest absolute Gasteiger partial charge is 0.338 e. The van der Waals surface area contributed by atoms with E-state index < -0.39 is 0 Å². The van der Waals surface area contributed by atoms with E-state index in [0.29, 0.717) is 24.4 Å². The number of anilines is 1. The molecule has 0 fully saturated rings. The summed E-state index contributed by atoms with van der Waals surface area (Å²) in [6, 6.07) is 10.3. The van der Waals surface area contributed by atoms with E-state index in [1.165, 1.54) is 0 Å². The quantitative estimate of drug-likeness (QED) is 0.804. The minimum Gasteiger partial charge on any atom is -0.462 e. The van der Waals surface area contributed by atoms with Gasteiger partial charge < -0.3 is 19.9 Å². The minimum absolute atomic E-state index is 0. The summed E-state index contributed by atoms with van der Waals surface area (Å²) in [4.78, 5) is 23.4. The molecule has 0 saturated carbocycles. The Labute approximate surface area is 138 Å². The molecule has 0 atom stereocenters. The number of nitrogens with zero attached hydrogens (tertiary/aromatic N) is 1. The maximum absolute atomic E-state index is 11.8. The van der Waals surface area contributed by atoms with Gasteiger partial charge in [-0.2, -0.15) is 0 Å². The fourth-order valence-electron chi connectivity index (χ4n) is 2.14. The van der Waals surface area contributed by atoms with E-state index in [2.05, 4.69) is 10.6 Å². The molecule has 23 heavy (non-hydrogen) atoms. The van der Waals surface area contributed by atoms with Crippen LogP contribution in [0.15, 0.2) is 42.6 Å². The Kier molecular flexibility index (Phi) is 5.80. The fourth-order valence-corrected chi connectivity index (χ4v) is 2.14. The van der Waals surface area contributed by atoms with Crippen LogP contribution in [-0.2, 0) is 18.2 Å². The summed E-state index contributed by atoms with van der Waals surface area (Å²) in [6.45, 7) is 2.64. The van der Waals surface area contributed by atoms with Crippen molar-refractivity contribution < 1.29 is 17.2 Å². The van der Waals surface area contributed by atoms with Crippen LogP contribution in [0.1, 0.15) is 25.8 Å². The molecule has 0 radical (unpaired) electrons. The summed E-state index contributed by atoms with van der Waals surface area (Å²) in [6.07, 6.45) is 2.74. The van der Waals surface area contributed by atoms with Crippen molar-refractivity contribution in [2.24, 2.45) is 7.05 Å². The predicted molar refractivity (Wildman–Crippen MR) is 92.8 cm³/mol. The van der Waals surface area contributed by atoms with Gasteiger partial charge in [-0.05, 0) is 43.3 Å². The zero-order valence-corrected chi connectivity index (χ0v) is 13.3. The van der Waals surface area contributed by atoms with Crippen LogP contribution in [-0.4, -0.2) is 29.7 Å². The van der Waals surface area contributed by atoms with Crippen LogP contribution in [0.3, 0.4) is 0 Å². The highest BCUT2D eigenvalue weighted by molar-refractivity contribution is 5.92. The molecule has 1 aromatic heterocycles. The summed E-state index contributed by atoms with van der Waals surface area (Å²) >= 11 is 0. The number of hydrogen-bond donors (Lipinski definition) is 2. The van der Waals surface area contributed by atoms with E-state index in [1.807, 2.05) is 29.9 Å². The summed E-state index contributed by atoms with van der Waals surface area (Å²) in [5, 5.41) is 5.53. The molecule has 2 amide bonds. The van der Waals surface area contributed by atoms with Crippen molar-refractivity contribution in [2.75, 3.05) is 18.5 Å². The van der Waals surface area contributed by atoms with Crippen LogP contribution in [0.25, 0.3) is 0 Å². The second-order valence-electron chi connectivity index (χ2n) is 5.04. The second-order valence-corrected chi connectivity index (χ2v) is 5.04. The molecule has 2 rings (SSSR count). The van der Waals surface area contributed by atoms with Gasteiger partial charge in [0.2, 0.25) is 0 Å². The lowest BCUT2D eigenvalue weighted by Gasteiger charge is -2.09. The molecule has 0 aliphatic rings. The highest BCUT2D eigenvalue weighted by atomic mass is 16.5. The number of aromatic nitrogens is 1. The molecular formula is C17H25N3O3. The Balaban J connectivity index is 0.00000288. The Morgan fingerprint density at radius 3 is 2.57 bits per heavy atom. The maximum atomic E-state index is 11.8. The van der Waals surface area contributed by atoms with Crippen LogP contribution in [0, 0.1) is 0 Å². The van der Waals surface area contributed by atoms with Crippen LogP contribution in [0.2, 0.25) is 0 Å².